The molecule has 0 unspecified atom stereocenters. The fraction of sp³-hybridized carbons (Fsp3) is 0.500. The van der Waals surface area contributed by atoms with Gasteiger partial charge in [0.1, 0.15) is 0 Å². The first-order chi connectivity index (χ1) is 10.5. The summed E-state index contributed by atoms with van der Waals surface area (Å²) in [5, 5.41) is 2.99. The number of amides is 1. The molecule has 1 amide bonds. The van der Waals surface area contributed by atoms with E-state index in [9.17, 15) is 31.1 Å². The van der Waals surface area contributed by atoms with E-state index in [0.717, 1.165) is 0 Å². The highest BCUT2D eigenvalue weighted by Gasteiger charge is 2.38. The minimum absolute atomic E-state index is 0. The summed E-state index contributed by atoms with van der Waals surface area (Å²) in [5.74, 6) is -0.837. The van der Waals surface area contributed by atoms with Gasteiger partial charge in [0.2, 0.25) is 0 Å². The molecule has 1 fully saturated rings. The van der Waals surface area contributed by atoms with E-state index in [0.29, 0.717) is 25.2 Å². The maximum absolute atomic E-state index is 12.8. The second-order valence-corrected chi connectivity index (χ2v) is 5.35. The van der Waals surface area contributed by atoms with Crippen LogP contribution >= 0.6 is 12.4 Å². The monoisotopic (exact) mass is 376 g/mol. The molecule has 1 aromatic carbocycles. The predicted octanol–water partition coefficient (Wildman–Crippen LogP) is 3.58. The molecule has 24 heavy (non-hydrogen) atoms. The van der Waals surface area contributed by atoms with E-state index in [1.807, 2.05) is 0 Å². The first-order valence-electron chi connectivity index (χ1n) is 6.81. The quantitative estimate of drug-likeness (QED) is 0.760. The molecule has 1 saturated heterocycles. The molecular formula is C14H15ClF6N2O. The summed E-state index contributed by atoms with van der Waals surface area (Å²) in [6, 6.07) is 0.622. The van der Waals surface area contributed by atoms with E-state index in [4.69, 9.17) is 0 Å². The highest BCUT2D eigenvalue weighted by molar-refractivity contribution is 5.95. The van der Waals surface area contributed by atoms with Crippen molar-refractivity contribution in [1.29, 1.82) is 0 Å². The molecule has 1 N–H and O–H groups in total. The van der Waals surface area contributed by atoms with E-state index >= 15 is 0 Å². The number of hydrogen-bond donors (Lipinski definition) is 1. The lowest BCUT2D eigenvalue weighted by molar-refractivity contribution is -0.143. The highest BCUT2D eigenvalue weighted by Crippen LogP contribution is 2.36. The average molecular weight is 377 g/mol. The molecule has 0 spiro atoms. The molecule has 2 rings (SSSR count). The van der Waals surface area contributed by atoms with Crippen molar-refractivity contribution in [3.05, 3.63) is 34.9 Å². The van der Waals surface area contributed by atoms with Gasteiger partial charge in [-0.25, -0.2) is 0 Å². The molecule has 10 heteroatoms. The number of rotatable bonds is 1. The number of piperazine rings is 1. The average Bonchev–Trinajstić information content (AvgIpc) is 2.45. The Morgan fingerprint density at radius 2 is 1.58 bits per heavy atom. The summed E-state index contributed by atoms with van der Waals surface area (Å²) in [6.45, 7) is 2.75. The van der Waals surface area contributed by atoms with Gasteiger partial charge in [0.25, 0.3) is 5.91 Å². The van der Waals surface area contributed by atoms with Crippen LogP contribution < -0.4 is 5.32 Å². The van der Waals surface area contributed by atoms with Crippen LogP contribution in [-0.2, 0) is 12.4 Å². The highest BCUT2D eigenvalue weighted by atomic mass is 35.5. The number of benzene rings is 1. The summed E-state index contributed by atoms with van der Waals surface area (Å²) in [5.41, 5.74) is -3.59. The van der Waals surface area contributed by atoms with E-state index in [-0.39, 0.29) is 31.1 Å². The number of hydrogen-bond acceptors (Lipinski definition) is 2. The number of halogens is 7. The zero-order valence-electron chi connectivity index (χ0n) is 12.5. The number of carbonyl (C=O) groups excluding carboxylic acids is 1. The molecule has 136 valence electrons. The third kappa shape index (κ3) is 4.54. The zero-order valence-corrected chi connectivity index (χ0v) is 13.3. The number of carbonyl (C=O) groups is 1. The van der Waals surface area contributed by atoms with Crippen LogP contribution in [0.1, 0.15) is 28.4 Å². The van der Waals surface area contributed by atoms with E-state index < -0.39 is 35.0 Å². The lowest BCUT2D eigenvalue weighted by atomic mass is 10.0. The Labute approximate surface area is 140 Å². The Hall–Kier alpha value is -1.48. The van der Waals surface area contributed by atoms with Crippen molar-refractivity contribution in [2.24, 2.45) is 0 Å². The maximum atomic E-state index is 12.8. The number of nitrogens with zero attached hydrogens (tertiary/aromatic N) is 1. The van der Waals surface area contributed by atoms with Crippen LogP contribution in [0.4, 0.5) is 26.3 Å². The fourth-order valence-corrected chi connectivity index (χ4v) is 2.39. The van der Waals surface area contributed by atoms with Gasteiger partial charge in [0.15, 0.2) is 0 Å². The molecule has 0 bridgehead atoms. The van der Waals surface area contributed by atoms with Gasteiger partial charge in [-0.15, -0.1) is 12.4 Å². The van der Waals surface area contributed by atoms with Crippen molar-refractivity contribution in [1.82, 2.24) is 10.2 Å². The molecule has 3 nitrogen and oxygen atoms in total. The van der Waals surface area contributed by atoms with Crippen LogP contribution in [0, 0.1) is 0 Å². The van der Waals surface area contributed by atoms with Crippen LogP contribution in [0.5, 0.6) is 0 Å². The van der Waals surface area contributed by atoms with Crippen molar-refractivity contribution >= 4 is 18.3 Å². The molecule has 1 aliphatic heterocycles. The Bertz CT molecular complexity index is 570. The molecule has 1 heterocycles. The van der Waals surface area contributed by atoms with Crippen molar-refractivity contribution in [3.8, 4) is 0 Å². The second kappa shape index (κ2) is 7.18. The third-order valence-corrected chi connectivity index (χ3v) is 3.60. The van der Waals surface area contributed by atoms with Crippen LogP contribution in [0.2, 0.25) is 0 Å². The van der Waals surface area contributed by atoms with E-state index in [1.54, 1.807) is 6.92 Å². The Balaban J connectivity index is 0.00000288. The van der Waals surface area contributed by atoms with Gasteiger partial charge in [-0.05, 0) is 25.1 Å². The SMILES string of the molecule is C[C@@H]1CNCCN1C(=O)c1cc(C(F)(F)F)cc(C(F)(F)F)c1.Cl. The Morgan fingerprint density at radius 1 is 1.08 bits per heavy atom. The number of alkyl halides is 6. The topological polar surface area (TPSA) is 32.3 Å². The molecule has 0 aliphatic carbocycles. The number of nitrogens with one attached hydrogen (secondary N) is 1. The Kier molecular flexibility index (Phi) is 6.15. The third-order valence-electron chi connectivity index (χ3n) is 3.60. The molecule has 0 aromatic heterocycles. The van der Waals surface area contributed by atoms with E-state index in [1.165, 1.54) is 4.90 Å². The van der Waals surface area contributed by atoms with Crippen LogP contribution in [0.3, 0.4) is 0 Å². The minimum atomic E-state index is -4.97. The van der Waals surface area contributed by atoms with Gasteiger partial charge < -0.3 is 10.2 Å². The van der Waals surface area contributed by atoms with Gasteiger partial charge >= 0.3 is 12.4 Å². The zero-order chi connectivity index (χ0) is 17.4. The lowest BCUT2D eigenvalue weighted by Gasteiger charge is -2.34. The van der Waals surface area contributed by atoms with E-state index in [2.05, 4.69) is 5.32 Å². The van der Waals surface area contributed by atoms with Crippen molar-refractivity contribution in [2.75, 3.05) is 19.6 Å². The normalized spacial score (nSPS) is 19.0. The predicted molar refractivity (Wildman–Crippen MR) is 77.1 cm³/mol. The van der Waals surface area contributed by atoms with Gasteiger partial charge in [-0.1, -0.05) is 0 Å². The lowest BCUT2D eigenvalue weighted by Crippen LogP contribution is -2.52. The molecule has 1 atom stereocenters. The molecule has 0 saturated carbocycles. The standard InChI is InChI=1S/C14H14F6N2O.ClH/c1-8-7-21-2-3-22(8)12(23)9-4-10(13(15,16)17)6-11(5-9)14(18,19)20;/h4-6,8,21H,2-3,7H2,1H3;1H/t8-;/m1./s1. The minimum Gasteiger partial charge on any atom is -0.333 e. The Morgan fingerprint density at radius 3 is 2.00 bits per heavy atom. The van der Waals surface area contributed by atoms with Crippen molar-refractivity contribution in [2.45, 2.75) is 25.3 Å². The fourth-order valence-electron chi connectivity index (χ4n) is 2.39. The first-order valence-corrected chi connectivity index (χ1v) is 6.81. The molecule has 1 aromatic rings. The largest absolute Gasteiger partial charge is 0.416 e. The van der Waals surface area contributed by atoms with Gasteiger partial charge in [0.05, 0.1) is 11.1 Å². The second-order valence-electron chi connectivity index (χ2n) is 5.35. The van der Waals surface area contributed by atoms with Crippen LogP contribution in [0.25, 0.3) is 0 Å². The van der Waals surface area contributed by atoms with Crippen LogP contribution in [0.15, 0.2) is 18.2 Å². The first kappa shape index (κ1) is 20.6. The van der Waals surface area contributed by atoms with Gasteiger partial charge in [-0.3, -0.25) is 4.79 Å². The van der Waals surface area contributed by atoms with Gasteiger partial charge in [0, 0.05) is 31.2 Å². The van der Waals surface area contributed by atoms with Crippen LogP contribution in [-0.4, -0.2) is 36.5 Å². The maximum Gasteiger partial charge on any atom is 0.416 e. The van der Waals surface area contributed by atoms with Crippen molar-refractivity contribution < 1.29 is 31.1 Å². The molecule has 0 radical (unpaired) electrons. The summed E-state index contributed by atoms with van der Waals surface area (Å²) in [6.07, 6.45) is -9.93. The summed E-state index contributed by atoms with van der Waals surface area (Å²) < 4.78 is 76.9. The molecule has 1 aliphatic rings. The van der Waals surface area contributed by atoms with Gasteiger partial charge in [-0.2, -0.15) is 26.3 Å². The summed E-state index contributed by atoms with van der Waals surface area (Å²) in [7, 11) is 0. The van der Waals surface area contributed by atoms with Crippen molar-refractivity contribution in [3.63, 3.8) is 0 Å². The summed E-state index contributed by atoms with van der Waals surface area (Å²) in [4.78, 5) is 13.6. The molecular weight excluding hydrogens is 362 g/mol. The smallest absolute Gasteiger partial charge is 0.333 e. The summed E-state index contributed by atoms with van der Waals surface area (Å²) >= 11 is 0.